The normalized spacial score (nSPS) is 15.3. The Hall–Kier alpha value is -4.06. The summed E-state index contributed by atoms with van der Waals surface area (Å²) in [5.41, 5.74) is 0.994. The van der Waals surface area contributed by atoms with E-state index in [9.17, 15) is 24.8 Å². The number of phenolic OH excluding ortho intramolecular Hbond substituents is 1. The molecule has 3 N–H and O–H groups in total. The molecule has 1 aliphatic carbocycles. The summed E-state index contributed by atoms with van der Waals surface area (Å²) < 4.78 is 5.42. The summed E-state index contributed by atoms with van der Waals surface area (Å²) >= 11 is 0. The van der Waals surface area contributed by atoms with Crippen molar-refractivity contribution in [1.29, 1.82) is 5.26 Å². The number of phenols is 1. The van der Waals surface area contributed by atoms with E-state index >= 15 is 0 Å². The average Bonchev–Trinajstić information content (AvgIpc) is 2.89. The van der Waals surface area contributed by atoms with E-state index in [0.717, 1.165) is 37.7 Å². The number of amides is 3. The summed E-state index contributed by atoms with van der Waals surface area (Å²) in [5, 5.41) is 25.7. The molecular weight excluding hydrogens is 508 g/mol. The number of carbonyl (C=O) groups is 3. The van der Waals surface area contributed by atoms with Crippen LogP contribution in [0.15, 0.2) is 48.5 Å². The molecule has 2 unspecified atom stereocenters. The number of hydrogen-bond acceptors (Lipinski definition) is 6. The fraction of sp³-hybridized carbons (Fsp3) is 0.484. The number of aryl methyl sites for hydroxylation is 1. The molecule has 0 radical (unpaired) electrons. The van der Waals surface area contributed by atoms with Crippen LogP contribution in [-0.2, 0) is 20.7 Å². The molecule has 0 aromatic heterocycles. The first-order chi connectivity index (χ1) is 19.0. The first-order valence-corrected chi connectivity index (χ1v) is 13.8. The highest BCUT2D eigenvalue weighted by molar-refractivity contribution is 5.92. The first kappa shape index (κ1) is 30.5. The lowest BCUT2D eigenvalue weighted by atomic mass is 9.94. The Labute approximate surface area is 236 Å². The van der Waals surface area contributed by atoms with E-state index in [4.69, 9.17) is 4.74 Å². The summed E-state index contributed by atoms with van der Waals surface area (Å²) in [6.45, 7) is 6.49. The number of nitriles is 1. The highest BCUT2D eigenvalue weighted by Crippen LogP contribution is 2.28. The number of benzene rings is 2. The van der Waals surface area contributed by atoms with Gasteiger partial charge in [0.15, 0.2) is 0 Å². The van der Waals surface area contributed by atoms with Crippen molar-refractivity contribution in [3.63, 3.8) is 0 Å². The zero-order chi connectivity index (χ0) is 29.3. The maximum absolute atomic E-state index is 14.2. The molecule has 40 heavy (non-hydrogen) atoms. The van der Waals surface area contributed by atoms with Crippen molar-refractivity contribution >= 4 is 17.9 Å². The van der Waals surface area contributed by atoms with Gasteiger partial charge in [-0.2, -0.15) is 5.26 Å². The number of aromatic hydroxyl groups is 1. The second kappa shape index (κ2) is 13.8. The van der Waals surface area contributed by atoms with Gasteiger partial charge in [0.1, 0.15) is 30.0 Å². The lowest BCUT2D eigenvalue weighted by molar-refractivity contribution is -0.142. The fourth-order valence-corrected chi connectivity index (χ4v) is 4.92. The van der Waals surface area contributed by atoms with Gasteiger partial charge in [-0.1, -0.05) is 55.7 Å². The Morgan fingerprint density at radius 2 is 1.77 bits per heavy atom. The van der Waals surface area contributed by atoms with Crippen LogP contribution < -0.4 is 10.6 Å². The lowest BCUT2D eigenvalue weighted by Gasteiger charge is -2.34. The Morgan fingerprint density at radius 3 is 2.38 bits per heavy atom. The van der Waals surface area contributed by atoms with Gasteiger partial charge in [-0.3, -0.25) is 9.59 Å². The fourth-order valence-electron chi connectivity index (χ4n) is 4.92. The molecule has 0 heterocycles. The monoisotopic (exact) mass is 548 g/mol. The standard InChI is InChI=1S/C31H40N4O5/c1-21-19-23(15-16-26(21)36)27(28(37)33-24-13-9-6-10-14-24)35(18-17-32)29(38)25(20-22-11-7-5-8-12-22)34-30(39)40-31(2,3)4/h5,7-8,11-12,15-16,19,24-25,27,36H,6,9-10,13-14,18,20H2,1-4H3,(H,33,37)(H,34,39). The Bertz CT molecular complexity index is 1210. The van der Waals surface area contributed by atoms with Gasteiger partial charge >= 0.3 is 6.09 Å². The number of rotatable bonds is 9. The van der Waals surface area contributed by atoms with Crippen LogP contribution in [0.1, 0.15) is 75.6 Å². The van der Waals surface area contributed by atoms with Crippen molar-refractivity contribution in [3.8, 4) is 11.8 Å². The molecule has 3 amide bonds. The maximum Gasteiger partial charge on any atom is 0.408 e. The van der Waals surface area contributed by atoms with Gasteiger partial charge in [0.2, 0.25) is 11.8 Å². The molecule has 2 aromatic rings. The molecule has 0 aliphatic heterocycles. The Balaban J connectivity index is 2.01. The molecule has 1 saturated carbocycles. The Morgan fingerprint density at radius 1 is 1.10 bits per heavy atom. The molecule has 1 aliphatic rings. The molecule has 2 atom stereocenters. The molecule has 3 rings (SSSR count). The lowest BCUT2D eigenvalue weighted by Crippen LogP contribution is -2.54. The third kappa shape index (κ3) is 8.73. The van der Waals surface area contributed by atoms with Gasteiger partial charge in [-0.25, -0.2) is 4.79 Å². The van der Waals surface area contributed by atoms with Gasteiger partial charge in [0, 0.05) is 12.5 Å². The summed E-state index contributed by atoms with van der Waals surface area (Å²) in [4.78, 5) is 42.0. The second-order valence-corrected chi connectivity index (χ2v) is 11.3. The zero-order valence-corrected chi connectivity index (χ0v) is 23.8. The van der Waals surface area contributed by atoms with E-state index in [0.29, 0.717) is 11.1 Å². The largest absolute Gasteiger partial charge is 0.508 e. The average molecular weight is 549 g/mol. The number of ether oxygens (including phenoxy) is 1. The SMILES string of the molecule is Cc1cc(C(C(=O)NC2CCCCC2)N(CC#N)C(=O)C(Cc2ccccc2)NC(=O)OC(C)(C)C)ccc1O. The van der Waals surface area contributed by atoms with Crippen molar-refractivity contribution in [2.45, 2.75) is 89.9 Å². The molecule has 9 nitrogen and oxygen atoms in total. The summed E-state index contributed by atoms with van der Waals surface area (Å²) in [6.07, 6.45) is 4.17. The molecule has 2 aromatic carbocycles. The van der Waals surface area contributed by atoms with Gasteiger partial charge in [0.25, 0.3) is 0 Å². The molecule has 1 fully saturated rings. The van der Waals surface area contributed by atoms with Gasteiger partial charge < -0.3 is 25.4 Å². The topological polar surface area (TPSA) is 132 Å². The van der Waals surface area contributed by atoms with E-state index in [1.807, 2.05) is 36.4 Å². The molecular formula is C31H40N4O5. The minimum atomic E-state index is -1.15. The van der Waals surface area contributed by atoms with Crippen molar-refractivity contribution in [1.82, 2.24) is 15.5 Å². The van der Waals surface area contributed by atoms with E-state index in [1.165, 1.54) is 11.0 Å². The van der Waals surface area contributed by atoms with Gasteiger partial charge in [-0.15, -0.1) is 0 Å². The van der Waals surface area contributed by atoms with Crippen LogP contribution in [0.5, 0.6) is 5.75 Å². The smallest absolute Gasteiger partial charge is 0.408 e. The van der Waals surface area contributed by atoms with Crippen LogP contribution in [0.4, 0.5) is 4.79 Å². The van der Waals surface area contributed by atoms with E-state index in [2.05, 4.69) is 10.6 Å². The van der Waals surface area contributed by atoms with Crippen LogP contribution in [0, 0.1) is 18.3 Å². The maximum atomic E-state index is 14.2. The van der Waals surface area contributed by atoms with Crippen molar-refractivity contribution in [2.75, 3.05) is 6.54 Å². The summed E-state index contributed by atoms with van der Waals surface area (Å²) in [5.74, 6) is -0.941. The molecule has 0 saturated heterocycles. The second-order valence-electron chi connectivity index (χ2n) is 11.3. The quantitative estimate of drug-likeness (QED) is 0.390. The molecule has 214 valence electrons. The van der Waals surface area contributed by atoms with Crippen molar-refractivity contribution < 1.29 is 24.2 Å². The van der Waals surface area contributed by atoms with Gasteiger partial charge in [0.05, 0.1) is 6.07 Å². The number of hydrogen-bond donors (Lipinski definition) is 3. The van der Waals surface area contributed by atoms with Crippen LogP contribution >= 0.6 is 0 Å². The number of alkyl carbamates (subject to hydrolysis) is 1. The third-order valence-electron chi connectivity index (χ3n) is 6.84. The predicted molar refractivity (Wildman–Crippen MR) is 151 cm³/mol. The van der Waals surface area contributed by atoms with Gasteiger partial charge in [-0.05, 0) is 69.4 Å². The van der Waals surface area contributed by atoms with Crippen LogP contribution in [0.25, 0.3) is 0 Å². The minimum Gasteiger partial charge on any atom is -0.508 e. The van der Waals surface area contributed by atoms with E-state index in [1.54, 1.807) is 39.8 Å². The van der Waals surface area contributed by atoms with E-state index < -0.39 is 35.6 Å². The van der Waals surface area contributed by atoms with E-state index in [-0.39, 0.29) is 24.8 Å². The molecule has 9 heteroatoms. The van der Waals surface area contributed by atoms with Crippen LogP contribution in [0.3, 0.4) is 0 Å². The first-order valence-electron chi connectivity index (χ1n) is 13.8. The molecule has 0 spiro atoms. The predicted octanol–water partition coefficient (Wildman–Crippen LogP) is 4.68. The van der Waals surface area contributed by atoms with Crippen LogP contribution in [-0.4, -0.2) is 52.1 Å². The molecule has 0 bridgehead atoms. The minimum absolute atomic E-state index is 0.0268. The highest BCUT2D eigenvalue weighted by Gasteiger charge is 2.37. The number of nitrogens with one attached hydrogen (secondary N) is 2. The summed E-state index contributed by atoms with van der Waals surface area (Å²) in [6, 6.07) is 13.6. The highest BCUT2D eigenvalue weighted by atomic mass is 16.6. The Kier molecular flexibility index (Phi) is 10.5. The zero-order valence-electron chi connectivity index (χ0n) is 23.8. The summed E-state index contributed by atoms with van der Waals surface area (Å²) in [7, 11) is 0. The van der Waals surface area contributed by atoms with Crippen LogP contribution in [0.2, 0.25) is 0 Å². The number of carbonyl (C=O) groups excluding carboxylic acids is 3. The van der Waals surface area contributed by atoms with Crippen molar-refractivity contribution in [2.24, 2.45) is 0 Å². The van der Waals surface area contributed by atoms with Crippen molar-refractivity contribution in [3.05, 3.63) is 65.2 Å². The third-order valence-corrected chi connectivity index (χ3v) is 6.84. The number of nitrogens with zero attached hydrogens (tertiary/aromatic N) is 2.